The maximum absolute atomic E-state index is 11.7. The summed E-state index contributed by atoms with van der Waals surface area (Å²) in [5, 5.41) is 4.72. The average Bonchev–Trinajstić information content (AvgIpc) is 2.84. The first-order valence-electron chi connectivity index (χ1n) is 6.19. The number of carbonyl (C=O) groups is 1. The average molecular weight is 358 g/mol. The number of esters is 1. The first-order chi connectivity index (χ1) is 9.52. The summed E-state index contributed by atoms with van der Waals surface area (Å²) < 4.78 is 7.54. The first-order valence-corrected chi connectivity index (χ1v) is 7.36. The lowest BCUT2D eigenvalue weighted by Crippen LogP contribution is -2.13. The first kappa shape index (κ1) is 15.1. The van der Waals surface area contributed by atoms with Crippen LogP contribution in [0.25, 0.3) is 5.69 Å². The highest BCUT2D eigenvalue weighted by Gasteiger charge is 2.17. The lowest BCUT2D eigenvalue weighted by Gasteiger charge is -2.13. The molecule has 0 N–H and O–H groups in total. The highest BCUT2D eigenvalue weighted by Crippen LogP contribution is 2.27. The van der Waals surface area contributed by atoms with Gasteiger partial charge < -0.3 is 4.74 Å². The molecule has 0 bridgehead atoms. The zero-order valence-electron chi connectivity index (χ0n) is 11.1. The van der Waals surface area contributed by atoms with Crippen molar-refractivity contribution in [2.24, 2.45) is 0 Å². The molecule has 0 saturated heterocycles. The summed E-state index contributed by atoms with van der Waals surface area (Å²) >= 11 is 9.35. The van der Waals surface area contributed by atoms with Crippen LogP contribution in [0.2, 0.25) is 5.02 Å². The fourth-order valence-electron chi connectivity index (χ4n) is 1.81. The second kappa shape index (κ2) is 6.41. The van der Waals surface area contributed by atoms with Gasteiger partial charge in [-0.05, 0) is 47.5 Å². The molecule has 0 aliphatic carbocycles. The lowest BCUT2D eigenvalue weighted by molar-refractivity contribution is -0.144. The van der Waals surface area contributed by atoms with Crippen molar-refractivity contribution in [3.8, 4) is 5.69 Å². The Morgan fingerprint density at radius 1 is 1.55 bits per heavy atom. The number of carbonyl (C=O) groups excluding carboxylic acids is 1. The van der Waals surface area contributed by atoms with Gasteiger partial charge in [-0.15, -0.1) is 0 Å². The molecule has 0 aliphatic rings. The second-order valence-electron chi connectivity index (χ2n) is 4.29. The minimum absolute atomic E-state index is 0.228. The molecule has 2 aromatic rings. The van der Waals surface area contributed by atoms with E-state index in [1.165, 1.54) is 0 Å². The second-order valence-corrected chi connectivity index (χ2v) is 5.58. The van der Waals surface area contributed by atoms with E-state index in [0.29, 0.717) is 11.6 Å². The third kappa shape index (κ3) is 3.22. The van der Waals surface area contributed by atoms with Crippen LogP contribution in [-0.2, 0) is 9.53 Å². The predicted octanol–water partition coefficient (Wildman–Crippen LogP) is 3.95. The van der Waals surface area contributed by atoms with Gasteiger partial charge in [0, 0.05) is 10.7 Å². The van der Waals surface area contributed by atoms with Gasteiger partial charge in [0.25, 0.3) is 0 Å². The Balaban J connectivity index is 2.28. The molecule has 0 aliphatic heterocycles. The molecule has 6 heteroatoms. The van der Waals surface area contributed by atoms with Crippen LogP contribution in [0.3, 0.4) is 0 Å². The van der Waals surface area contributed by atoms with Gasteiger partial charge in [0.1, 0.15) is 0 Å². The molecular weight excluding hydrogens is 344 g/mol. The van der Waals surface area contributed by atoms with Crippen molar-refractivity contribution in [3.63, 3.8) is 0 Å². The molecule has 1 aromatic heterocycles. The quantitative estimate of drug-likeness (QED) is 0.778. The maximum atomic E-state index is 11.7. The molecule has 1 heterocycles. The molecule has 1 atom stereocenters. The number of halogens is 2. The Labute approximate surface area is 130 Å². The fourth-order valence-corrected chi connectivity index (χ4v) is 2.53. The number of benzene rings is 1. The summed E-state index contributed by atoms with van der Waals surface area (Å²) in [6.45, 7) is 4.00. The van der Waals surface area contributed by atoms with Crippen LogP contribution in [0, 0.1) is 0 Å². The Hall–Kier alpha value is -1.33. The number of hydrogen-bond donors (Lipinski definition) is 0. The number of aromatic nitrogens is 2. The van der Waals surface area contributed by atoms with Crippen LogP contribution in [0.1, 0.15) is 25.3 Å². The van der Waals surface area contributed by atoms with Crippen molar-refractivity contribution in [2.45, 2.75) is 19.8 Å². The zero-order valence-corrected chi connectivity index (χ0v) is 13.5. The zero-order chi connectivity index (χ0) is 14.7. The van der Waals surface area contributed by atoms with Gasteiger partial charge in [0.15, 0.2) is 0 Å². The summed E-state index contributed by atoms with van der Waals surface area (Å²) in [6.07, 6.45) is 3.29. The molecule has 0 radical (unpaired) electrons. The Bertz CT molecular complexity index is 627. The summed E-state index contributed by atoms with van der Waals surface area (Å²) in [6, 6.07) is 5.67. The number of hydrogen-bond acceptors (Lipinski definition) is 3. The van der Waals surface area contributed by atoms with E-state index in [1.807, 2.05) is 25.1 Å². The molecule has 0 saturated carbocycles. The van der Waals surface area contributed by atoms with E-state index in [4.69, 9.17) is 16.3 Å². The number of nitrogens with zero attached hydrogens (tertiary/aromatic N) is 2. The summed E-state index contributed by atoms with van der Waals surface area (Å²) in [5.41, 5.74) is 1.74. The van der Waals surface area contributed by atoms with Gasteiger partial charge in [-0.25, -0.2) is 4.68 Å². The minimum Gasteiger partial charge on any atom is -0.466 e. The molecule has 106 valence electrons. The summed E-state index contributed by atoms with van der Waals surface area (Å²) in [4.78, 5) is 11.7. The van der Waals surface area contributed by atoms with Crippen LogP contribution in [0.5, 0.6) is 0 Å². The molecule has 0 fully saturated rings. The molecule has 2 rings (SSSR count). The van der Waals surface area contributed by atoms with E-state index in [0.717, 1.165) is 15.7 Å². The molecule has 4 nitrogen and oxygen atoms in total. The van der Waals surface area contributed by atoms with Gasteiger partial charge in [0.2, 0.25) is 0 Å². The summed E-state index contributed by atoms with van der Waals surface area (Å²) in [5.74, 6) is -0.532. The number of ether oxygens (including phenoxy) is 1. The molecule has 0 spiro atoms. The third-order valence-electron chi connectivity index (χ3n) is 2.91. The van der Waals surface area contributed by atoms with Gasteiger partial charge in [0.05, 0.1) is 29.4 Å². The van der Waals surface area contributed by atoms with Crippen LogP contribution < -0.4 is 0 Å². The Kier molecular flexibility index (Phi) is 4.83. The highest BCUT2D eigenvalue weighted by atomic mass is 79.9. The minimum atomic E-state index is -0.304. The van der Waals surface area contributed by atoms with Crippen molar-refractivity contribution in [2.75, 3.05) is 6.61 Å². The molecule has 1 unspecified atom stereocenters. The highest BCUT2D eigenvalue weighted by molar-refractivity contribution is 9.10. The van der Waals surface area contributed by atoms with Crippen molar-refractivity contribution >= 4 is 33.5 Å². The van der Waals surface area contributed by atoms with E-state index in [2.05, 4.69) is 21.0 Å². The Morgan fingerprint density at radius 3 is 2.85 bits per heavy atom. The van der Waals surface area contributed by atoms with Crippen LogP contribution in [-0.4, -0.2) is 22.4 Å². The monoisotopic (exact) mass is 356 g/mol. The molecule has 0 amide bonds. The van der Waals surface area contributed by atoms with E-state index < -0.39 is 0 Å². The van der Waals surface area contributed by atoms with E-state index >= 15 is 0 Å². The van der Waals surface area contributed by atoms with Gasteiger partial charge in [-0.2, -0.15) is 5.10 Å². The standard InChI is InChI=1S/C14H14BrClN2O2/c1-3-20-14(19)9(2)10-4-5-13(12(15)6-10)18-8-11(16)7-17-18/h4-9H,3H2,1-2H3. The maximum Gasteiger partial charge on any atom is 0.313 e. The Morgan fingerprint density at radius 2 is 2.30 bits per heavy atom. The van der Waals surface area contributed by atoms with E-state index in [-0.39, 0.29) is 11.9 Å². The predicted molar refractivity (Wildman–Crippen MR) is 81.3 cm³/mol. The van der Waals surface area contributed by atoms with Crippen LogP contribution >= 0.6 is 27.5 Å². The molecular formula is C14H14BrClN2O2. The van der Waals surface area contributed by atoms with E-state index in [9.17, 15) is 4.79 Å². The SMILES string of the molecule is CCOC(=O)C(C)c1ccc(-n2cc(Cl)cn2)c(Br)c1. The van der Waals surface area contributed by atoms with Crippen LogP contribution in [0.4, 0.5) is 0 Å². The topological polar surface area (TPSA) is 44.1 Å². The molecule has 20 heavy (non-hydrogen) atoms. The van der Waals surface area contributed by atoms with Crippen molar-refractivity contribution in [3.05, 3.63) is 45.7 Å². The van der Waals surface area contributed by atoms with Crippen LogP contribution in [0.15, 0.2) is 35.1 Å². The van der Waals surface area contributed by atoms with Gasteiger partial charge in [-0.1, -0.05) is 17.7 Å². The largest absolute Gasteiger partial charge is 0.466 e. The van der Waals surface area contributed by atoms with Crippen molar-refractivity contribution < 1.29 is 9.53 Å². The van der Waals surface area contributed by atoms with Gasteiger partial charge >= 0.3 is 5.97 Å². The van der Waals surface area contributed by atoms with Gasteiger partial charge in [-0.3, -0.25) is 4.79 Å². The lowest BCUT2D eigenvalue weighted by atomic mass is 10.0. The number of rotatable bonds is 4. The smallest absolute Gasteiger partial charge is 0.313 e. The van der Waals surface area contributed by atoms with Crippen molar-refractivity contribution in [1.82, 2.24) is 9.78 Å². The van der Waals surface area contributed by atoms with E-state index in [1.54, 1.807) is 24.0 Å². The summed E-state index contributed by atoms with van der Waals surface area (Å²) in [7, 11) is 0. The fraction of sp³-hybridized carbons (Fsp3) is 0.286. The molecule has 1 aromatic carbocycles. The third-order valence-corrected chi connectivity index (χ3v) is 3.74. The normalized spacial score (nSPS) is 12.2. The van der Waals surface area contributed by atoms with Crippen molar-refractivity contribution in [1.29, 1.82) is 0 Å².